The Hall–Kier alpha value is -0.620. The molecule has 10 heteroatoms. The fraction of sp³-hybridized carbons (Fsp3) is 0.750. The first-order valence-electron chi connectivity index (χ1n) is 8.60. The highest BCUT2D eigenvalue weighted by molar-refractivity contribution is 14.0. The highest BCUT2D eigenvalue weighted by Gasteiger charge is 2.33. The second kappa shape index (κ2) is 11.3. The van der Waals surface area contributed by atoms with Gasteiger partial charge in [0.05, 0.1) is 5.01 Å². The standard InChI is InChI=1S/C16H26F3N5S.HI/c1-12-5-3-4-9-24(12)10-8-22-15(20-2)21-7-6-14-23-13(11-25-14)16(17,18)19;/h11-12H,3-10H2,1-2H3,(H2,20,21,22);1H. The van der Waals surface area contributed by atoms with Crippen LogP contribution in [0, 0.1) is 0 Å². The van der Waals surface area contributed by atoms with Crippen molar-refractivity contribution in [3.05, 3.63) is 16.1 Å². The molecule has 1 atom stereocenters. The summed E-state index contributed by atoms with van der Waals surface area (Å²) in [6.45, 7) is 5.64. The summed E-state index contributed by atoms with van der Waals surface area (Å²) in [6, 6.07) is 0.623. The normalized spacial score (nSPS) is 19.1. The van der Waals surface area contributed by atoms with Crippen LogP contribution < -0.4 is 10.6 Å². The molecular weight excluding hydrogens is 478 g/mol. The molecule has 0 amide bonds. The molecule has 150 valence electrons. The van der Waals surface area contributed by atoms with Crippen LogP contribution in [0.25, 0.3) is 0 Å². The zero-order valence-electron chi connectivity index (χ0n) is 15.1. The molecule has 0 bridgehead atoms. The molecule has 26 heavy (non-hydrogen) atoms. The van der Waals surface area contributed by atoms with Crippen molar-refractivity contribution in [1.29, 1.82) is 0 Å². The Morgan fingerprint density at radius 1 is 1.35 bits per heavy atom. The monoisotopic (exact) mass is 505 g/mol. The molecule has 1 aromatic heterocycles. The van der Waals surface area contributed by atoms with Gasteiger partial charge in [0.15, 0.2) is 11.7 Å². The molecule has 2 heterocycles. The van der Waals surface area contributed by atoms with Crippen LogP contribution in [0.1, 0.15) is 36.9 Å². The van der Waals surface area contributed by atoms with E-state index in [9.17, 15) is 13.2 Å². The number of likely N-dealkylation sites (tertiary alicyclic amines) is 1. The Labute approximate surface area is 173 Å². The number of aliphatic imine (C=N–C) groups is 1. The zero-order valence-corrected chi connectivity index (χ0v) is 18.3. The second-order valence-corrected chi connectivity index (χ2v) is 7.12. The van der Waals surface area contributed by atoms with Gasteiger partial charge in [0.25, 0.3) is 0 Å². The van der Waals surface area contributed by atoms with Crippen LogP contribution in [0.2, 0.25) is 0 Å². The van der Waals surface area contributed by atoms with E-state index in [2.05, 4.69) is 32.4 Å². The Kier molecular flexibility index (Phi) is 10.2. The molecule has 0 radical (unpaired) electrons. The summed E-state index contributed by atoms with van der Waals surface area (Å²) in [5.41, 5.74) is -0.814. The van der Waals surface area contributed by atoms with Gasteiger partial charge in [-0.2, -0.15) is 13.2 Å². The number of alkyl halides is 3. The third-order valence-corrected chi connectivity index (χ3v) is 5.24. The van der Waals surface area contributed by atoms with Crippen LogP contribution in [0.5, 0.6) is 0 Å². The first kappa shape index (κ1) is 23.4. The molecule has 0 saturated carbocycles. The summed E-state index contributed by atoms with van der Waals surface area (Å²) in [5, 5.41) is 7.90. The van der Waals surface area contributed by atoms with Gasteiger partial charge in [0, 0.05) is 44.5 Å². The predicted octanol–water partition coefficient (Wildman–Crippen LogP) is 3.36. The fourth-order valence-corrected chi connectivity index (χ4v) is 3.68. The minimum atomic E-state index is -4.37. The lowest BCUT2D eigenvalue weighted by molar-refractivity contribution is -0.140. The number of hydrogen-bond donors (Lipinski definition) is 2. The average Bonchev–Trinajstić information content (AvgIpc) is 3.04. The summed E-state index contributed by atoms with van der Waals surface area (Å²) in [4.78, 5) is 10.2. The van der Waals surface area contributed by atoms with E-state index in [1.165, 1.54) is 19.3 Å². The van der Waals surface area contributed by atoms with Crippen LogP contribution in [0.3, 0.4) is 0 Å². The van der Waals surface area contributed by atoms with Crippen molar-refractivity contribution < 1.29 is 13.2 Å². The number of nitrogens with zero attached hydrogens (tertiary/aromatic N) is 3. The lowest BCUT2D eigenvalue weighted by atomic mass is 10.0. The van der Waals surface area contributed by atoms with Crippen molar-refractivity contribution in [2.24, 2.45) is 4.99 Å². The van der Waals surface area contributed by atoms with Crippen LogP contribution in [0.4, 0.5) is 13.2 Å². The van der Waals surface area contributed by atoms with Crippen LogP contribution in [-0.4, -0.2) is 55.1 Å². The maximum atomic E-state index is 12.5. The summed E-state index contributed by atoms with van der Waals surface area (Å²) >= 11 is 1.03. The SMILES string of the molecule is CN=C(NCCc1nc(C(F)(F)F)cs1)NCCN1CCCCC1C.I. The average molecular weight is 505 g/mol. The molecule has 1 aliphatic heterocycles. The van der Waals surface area contributed by atoms with Crippen LogP contribution in [-0.2, 0) is 12.6 Å². The van der Waals surface area contributed by atoms with Gasteiger partial charge in [-0.05, 0) is 26.3 Å². The van der Waals surface area contributed by atoms with Gasteiger partial charge in [0.1, 0.15) is 0 Å². The third-order valence-electron chi connectivity index (χ3n) is 4.33. The minimum absolute atomic E-state index is 0. The summed E-state index contributed by atoms with van der Waals surface area (Å²) < 4.78 is 37.6. The Morgan fingerprint density at radius 2 is 2.08 bits per heavy atom. The third kappa shape index (κ3) is 7.55. The molecule has 1 unspecified atom stereocenters. The minimum Gasteiger partial charge on any atom is -0.356 e. The molecule has 1 fully saturated rings. The number of rotatable bonds is 6. The van der Waals surface area contributed by atoms with E-state index in [0.717, 1.165) is 36.4 Å². The topological polar surface area (TPSA) is 52.6 Å². The number of aromatic nitrogens is 1. The number of hydrogen-bond acceptors (Lipinski definition) is 4. The van der Waals surface area contributed by atoms with Crippen LogP contribution in [0.15, 0.2) is 10.4 Å². The smallest absolute Gasteiger partial charge is 0.356 e. The van der Waals surface area contributed by atoms with E-state index >= 15 is 0 Å². The van der Waals surface area contributed by atoms with Gasteiger partial charge >= 0.3 is 6.18 Å². The van der Waals surface area contributed by atoms with E-state index in [4.69, 9.17) is 0 Å². The van der Waals surface area contributed by atoms with E-state index < -0.39 is 11.9 Å². The van der Waals surface area contributed by atoms with Crippen LogP contribution >= 0.6 is 35.3 Å². The number of guanidine groups is 1. The highest BCUT2D eigenvalue weighted by Crippen LogP contribution is 2.29. The quantitative estimate of drug-likeness (QED) is 0.354. The van der Waals surface area contributed by atoms with E-state index in [1.54, 1.807) is 7.05 Å². The van der Waals surface area contributed by atoms with E-state index in [0.29, 0.717) is 30.0 Å². The first-order chi connectivity index (χ1) is 11.9. The molecule has 5 nitrogen and oxygen atoms in total. The van der Waals surface area contributed by atoms with Crippen molar-refractivity contribution in [2.45, 2.75) is 44.8 Å². The van der Waals surface area contributed by atoms with Gasteiger partial charge in [-0.15, -0.1) is 35.3 Å². The number of piperidine rings is 1. The Bertz CT molecular complexity index is 564. The van der Waals surface area contributed by atoms with Gasteiger partial charge in [0.2, 0.25) is 0 Å². The van der Waals surface area contributed by atoms with Gasteiger partial charge in [-0.3, -0.25) is 9.89 Å². The molecule has 0 spiro atoms. The molecule has 0 aliphatic carbocycles. The number of nitrogens with one attached hydrogen (secondary N) is 2. The fourth-order valence-electron chi connectivity index (χ4n) is 2.87. The number of halogens is 4. The molecule has 2 rings (SSSR count). The molecule has 0 aromatic carbocycles. The van der Waals surface area contributed by atoms with Gasteiger partial charge in [-0.1, -0.05) is 6.42 Å². The summed E-state index contributed by atoms with van der Waals surface area (Å²) in [5.74, 6) is 0.664. The molecule has 2 N–H and O–H groups in total. The van der Waals surface area contributed by atoms with Crippen molar-refractivity contribution >= 4 is 41.3 Å². The predicted molar refractivity (Wildman–Crippen MR) is 110 cm³/mol. The lowest BCUT2D eigenvalue weighted by Crippen LogP contribution is -2.45. The molecule has 1 aliphatic rings. The highest BCUT2D eigenvalue weighted by atomic mass is 127. The molecule has 1 aromatic rings. The van der Waals surface area contributed by atoms with Gasteiger partial charge in [-0.25, -0.2) is 4.98 Å². The van der Waals surface area contributed by atoms with Crippen molar-refractivity contribution in [3.63, 3.8) is 0 Å². The van der Waals surface area contributed by atoms with Gasteiger partial charge < -0.3 is 10.6 Å². The lowest BCUT2D eigenvalue weighted by Gasteiger charge is -2.33. The Morgan fingerprint density at radius 3 is 2.69 bits per heavy atom. The molecular formula is C16H27F3IN5S. The molecule has 1 saturated heterocycles. The maximum Gasteiger partial charge on any atom is 0.434 e. The van der Waals surface area contributed by atoms with Crippen molar-refractivity contribution in [1.82, 2.24) is 20.5 Å². The Balaban J connectivity index is 0.00000338. The van der Waals surface area contributed by atoms with E-state index in [-0.39, 0.29) is 24.0 Å². The number of thiazole rings is 1. The zero-order chi connectivity index (χ0) is 18.3. The maximum absolute atomic E-state index is 12.5. The summed E-state index contributed by atoms with van der Waals surface area (Å²) in [7, 11) is 1.68. The largest absolute Gasteiger partial charge is 0.434 e. The summed E-state index contributed by atoms with van der Waals surface area (Å²) in [6.07, 6.45) is -0.122. The van der Waals surface area contributed by atoms with E-state index in [1.807, 2.05) is 0 Å². The van der Waals surface area contributed by atoms with Crippen molar-refractivity contribution in [3.8, 4) is 0 Å². The second-order valence-electron chi connectivity index (χ2n) is 6.18. The first-order valence-corrected chi connectivity index (χ1v) is 9.48. The van der Waals surface area contributed by atoms with Crippen molar-refractivity contribution in [2.75, 3.05) is 33.2 Å².